The minimum absolute atomic E-state index is 0.0241. The molecular weight excluding hydrogens is 358 g/mol. The molecule has 1 heterocycles. The van der Waals surface area contributed by atoms with Crippen molar-refractivity contribution in [3.8, 4) is 23.0 Å². The zero-order valence-electron chi connectivity index (χ0n) is 16.9. The lowest BCUT2D eigenvalue weighted by Gasteiger charge is -2.27. The van der Waals surface area contributed by atoms with Gasteiger partial charge in [-0.25, -0.2) is 0 Å². The molecule has 0 radical (unpaired) electrons. The summed E-state index contributed by atoms with van der Waals surface area (Å²) in [7, 11) is 4.85. The van der Waals surface area contributed by atoms with Gasteiger partial charge in [-0.15, -0.1) is 0 Å². The Morgan fingerprint density at radius 3 is 2.46 bits per heavy atom. The van der Waals surface area contributed by atoms with Crippen LogP contribution >= 0.6 is 0 Å². The van der Waals surface area contributed by atoms with Crippen LogP contribution in [-0.4, -0.2) is 45.3 Å². The second kappa shape index (κ2) is 8.87. The number of rotatable bonds is 7. The SMILES string of the molecule is CCOc1cc(C(=O)N2CCCC2c2ccc(OC)cc2OC)ccc1OC. The number of nitrogens with zero attached hydrogens (tertiary/aromatic N) is 1. The first-order valence-electron chi connectivity index (χ1n) is 9.46. The zero-order chi connectivity index (χ0) is 20.1. The predicted octanol–water partition coefficient (Wildman–Crippen LogP) is 4.09. The first-order valence-corrected chi connectivity index (χ1v) is 9.46. The molecule has 1 atom stereocenters. The van der Waals surface area contributed by atoms with E-state index >= 15 is 0 Å². The Balaban J connectivity index is 1.91. The molecule has 0 aromatic heterocycles. The molecule has 1 aliphatic heterocycles. The first kappa shape index (κ1) is 19.9. The van der Waals surface area contributed by atoms with Crippen molar-refractivity contribution in [3.05, 3.63) is 47.5 Å². The summed E-state index contributed by atoms with van der Waals surface area (Å²) in [6, 6.07) is 11.0. The van der Waals surface area contributed by atoms with Crippen molar-refractivity contribution in [2.75, 3.05) is 34.5 Å². The van der Waals surface area contributed by atoms with E-state index in [9.17, 15) is 4.79 Å². The molecular formula is C22H27NO5. The fourth-order valence-corrected chi connectivity index (χ4v) is 3.67. The highest BCUT2D eigenvalue weighted by atomic mass is 16.5. The maximum atomic E-state index is 13.3. The third-order valence-electron chi connectivity index (χ3n) is 5.02. The Morgan fingerprint density at radius 2 is 1.79 bits per heavy atom. The van der Waals surface area contributed by atoms with Gasteiger partial charge in [-0.05, 0) is 50.1 Å². The van der Waals surface area contributed by atoms with Gasteiger partial charge in [0.25, 0.3) is 5.91 Å². The van der Waals surface area contributed by atoms with Crippen LogP contribution < -0.4 is 18.9 Å². The van der Waals surface area contributed by atoms with Crippen molar-refractivity contribution in [1.82, 2.24) is 4.90 Å². The normalized spacial score (nSPS) is 16.0. The van der Waals surface area contributed by atoms with Crippen molar-refractivity contribution >= 4 is 5.91 Å². The Kier molecular flexibility index (Phi) is 6.29. The maximum Gasteiger partial charge on any atom is 0.254 e. The van der Waals surface area contributed by atoms with E-state index in [4.69, 9.17) is 18.9 Å². The second-order valence-corrected chi connectivity index (χ2v) is 6.56. The summed E-state index contributed by atoms with van der Waals surface area (Å²) in [5, 5.41) is 0. The van der Waals surface area contributed by atoms with Crippen molar-refractivity contribution in [2.24, 2.45) is 0 Å². The summed E-state index contributed by atoms with van der Waals surface area (Å²) in [5.41, 5.74) is 1.58. The quantitative estimate of drug-likeness (QED) is 0.719. The predicted molar refractivity (Wildman–Crippen MR) is 107 cm³/mol. The number of amides is 1. The Labute approximate surface area is 166 Å². The van der Waals surface area contributed by atoms with Gasteiger partial charge in [-0.2, -0.15) is 0 Å². The first-order chi connectivity index (χ1) is 13.6. The van der Waals surface area contributed by atoms with Gasteiger partial charge in [-0.1, -0.05) is 0 Å². The minimum atomic E-state index is -0.0361. The van der Waals surface area contributed by atoms with Crippen LogP contribution in [0.2, 0.25) is 0 Å². The van der Waals surface area contributed by atoms with E-state index in [0.29, 0.717) is 30.2 Å². The molecule has 0 bridgehead atoms. The molecule has 28 heavy (non-hydrogen) atoms. The third kappa shape index (κ3) is 3.86. The number of likely N-dealkylation sites (tertiary alicyclic amines) is 1. The van der Waals surface area contributed by atoms with E-state index in [1.807, 2.05) is 30.0 Å². The topological polar surface area (TPSA) is 57.2 Å². The summed E-state index contributed by atoms with van der Waals surface area (Å²) >= 11 is 0. The van der Waals surface area contributed by atoms with E-state index < -0.39 is 0 Å². The average Bonchev–Trinajstić information content (AvgIpc) is 3.22. The summed E-state index contributed by atoms with van der Waals surface area (Å²) in [4.78, 5) is 15.2. The molecule has 6 nitrogen and oxygen atoms in total. The van der Waals surface area contributed by atoms with E-state index in [1.165, 1.54) is 0 Å². The van der Waals surface area contributed by atoms with Crippen LogP contribution in [0.3, 0.4) is 0 Å². The summed E-state index contributed by atoms with van der Waals surface area (Å²) in [5.74, 6) is 2.63. The zero-order valence-corrected chi connectivity index (χ0v) is 16.9. The lowest BCUT2D eigenvalue weighted by Crippen LogP contribution is -2.30. The number of hydrogen-bond acceptors (Lipinski definition) is 5. The molecule has 0 aliphatic carbocycles. The molecule has 3 rings (SSSR count). The van der Waals surface area contributed by atoms with Crippen LogP contribution in [0, 0.1) is 0 Å². The van der Waals surface area contributed by atoms with Crippen molar-refractivity contribution in [1.29, 1.82) is 0 Å². The van der Waals surface area contributed by atoms with Gasteiger partial charge in [0.15, 0.2) is 11.5 Å². The Hall–Kier alpha value is -2.89. The third-order valence-corrected chi connectivity index (χ3v) is 5.02. The van der Waals surface area contributed by atoms with E-state index in [-0.39, 0.29) is 11.9 Å². The molecule has 2 aromatic carbocycles. The van der Waals surface area contributed by atoms with Crippen LogP contribution in [0.15, 0.2) is 36.4 Å². The van der Waals surface area contributed by atoms with Gasteiger partial charge < -0.3 is 23.8 Å². The van der Waals surface area contributed by atoms with Crippen LogP contribution in [0.5, 0.6) is 23.0 Å². The Bertz CT molecular complexity index is 836. The van der Waals surface area contributed by atoms with Crippen molar-refractivity contribution < 1.29 is 23.7 Å². The molecule has 1 amide bonds. The minimum Gasteiger partial charge on any atom is -0.497 e. The highest BCUT2D eigenvalue weighted by Gasteiger charge is 2.33. The Morgan fingerprint density at radius 1 is 1.00 bits per heavy atom. The van der Waals surface area contributed by atoms with Crippen LogP contribution in [0.4, 0.5) is 0 Å². The molecule has 1 fully saturated rings. The lowest BCUT2D eigenvalue weighted by molar-refractivity contribution is 0.0733. The van der Waals surface area contributed by atoms with Gasteiger partial charge in [0.05, 0.1) is 34.0 Å². The standard InChI is InChI=1S/C22H27NO5/c1-5-28-21-13-15(8-11-19(21)26-3)22(24)23-12-6-7-18(23)17-10-9-16(25-2)14-20(17)27-4/h8-11,13-14,18H,5-7,12H2,1-4H3. The highest BCUT2D eigenvalue weighted by molar-refractivity contribution is 5.95. The van der Waals surface area contributed by atoms with Crippen LogP contribution in [-0.2, 0) is 0 Å². The molecule has 1 unspecified atom stereocenters. The maximum absolute atomic E-state index is 13.3. The van der Waals surface area contributed by atoms with E-state index in [1.54, 1.807) is 39.5 Å². The van der Waals surface area contributed by atoms with Gasteiger partial charge >= 0.3 is 0 Å². The molecule has 0 spiro atoms. The molecule has 1 saturated heterocycles. The van der Waals surface area contributed by atoms with Gasteiger partial charge in [0, 0.05) is 23.7 Å². The molecule has 2 aromatic rings. The smallest absolute Gasteiger partial charge is 0.254 e. The van der Waals surface area contributed by atoms with Gasteiger partial charge in [-0.3, -0.25) is 4.79 Å². The molecule has 0 saturated carbocycles. The summed E-state index contributed by atoms with van der Waals surface area (Å²) in [6.45, 7) is 3.11. The molecule has 1 aliphatic rings. The molecule has 6 heteroatoms. The number of carbonyl (C=O) groups is 1. The van der Waals surface area contributed by atoms with Gasteiger partial charge in [0.2, 0.25) is 0 Å². The second-order valence-electron chi connectivity index (χ2n) is 6.56. The fraction of sp³-hybridized carbons (Fsp3) is 0.409. The number of methoxy groups -OCH3 is 3. The van der Waals surface area contributed by atoms with Crippen molar-refractivity contribution in [3.63, 3.8) is 0 Å². The van der Waals surface area contributed by atoms with E-state index in [0.717, 1.165) is 29.9 Å². The largest absolute Gasteiger partial charge is 0.497 e. The molecule has 0 N–H and O–H groups in total. The summed E-state index contributed by atoms with van der Waals surface area (Å²) < 4.78 is 21.8. The number of carbonyl (C=O) groups excluding carboxylic acids is 1. The number of ether oxygens (including phenoxy) is 4. The van der Waals surface area contributed by atoms with Crippen LogP contribution in [0.1, 0.15) is 41.7 Å². The molecule has 150 valence electrons. The highest BCUT2D eigenvalue weighted by Crippen LogP contribution is 2.40. The fourth-order valence-electron chi connectivity index (χ4n) is 3.67. The average molecular weight is 385 g/mol. The number of hydrogen-bond donors (Lipinski definition) is 0. The monoisotopic (exact) mass is 385 g/mol. The lowest BCUT2D eigenvalue weighted by atomic mass is 10.0. The summed E-state index contributed by atoms with van der Waals surface area (Å²) in [6.07, 6.45) is 1.84. The van der Waals surface area contributed by atoms with Gasteiger partial charge in [0.1, 0.15) is 11.5 Å². The number of benzene rings is 2. The van der Waals surface area contributed by atoms with E-state index in [2.05, 4.69) is 0 Å². The van der Waals surface area contributed by atoms with Crippen molar-refractivity contribution in [2.45, 2.75) is 25.8 Å². The van der Waals surface area contributed by atoms with Crippen LogP contribution in [0.25, 0.3) is 0 Å².